The summed E-state index contributed by atoms with van der Waals surface area (Å²) in [4.78, 5) is 10.5. The summed E-state index contributed by atoms with van der Waals surface area (Å²) in [6.45, 7) is 3.59. The summed E-state index contributed by atoms with van der Waals surface area (Å²) in [6.07, 6.45) is 0.721. The average Bonchev–Trinajstić information content (AvgIpc) is 1.85. The fraction of sp³-hybridized carbons (Fsp3) is 0.400. The number of allylic oxidation sites excluding steroid dienone is 1. The van der Waals surface area contributed by atoms with Gasteiger partial charge in [-0.05, 0) is 0 Å². The molecule has 44 valence electrons. The molecule has 3 heteroatoms. The predicted molar refractivity (Wildman–Crippen MR) is 34.6 cm³/mol. The Bertz CT molecular complexity index is 143. The third-order valence-electron chi connectivity index (χ3n) is 1.01. The Kier molecular flexibility index (Phi) is 1.38. The van der Waals surface area contributed by atoms with E-state index in [0.717, 1.165) is 12.1 Å². The van der Waals surface area contributed by atoms with Crippen LogP contribution in [0.4, 0.5) is 0 Å². The normalized spacial score (nSPS) is 28.4. The van der Waals surface area contributed by atoms with Crippen LogP contribution < -0.4 is 5.32 Å². The molecular formula is C5H6BrNO. The molecule has 0 aromatic carbocycles. The van der Waals surface area contributed by atoms with Gasteiger partial charge >= 0.3 is 0 Å². The molecule has 0 aromatic heterocycles. The Morgan fingerprint density at radius 1 is 1.88 bits per heavy atom. The lowest BCUT2D eigenvalue weighted by Gasteiger charge is -1.87. The van der Waals surface area contributed by atoms with E-state index in [1.54, 1.807) is 0 Å². The number of nitrogens with one attached hydrogen (secondary N) is 1. The second-order valence-electron chi connectivity index (χ2n) is 1.76. The first-order chi connectivity index (χ1) is 3.70. The van der Waals surface area contributed by atoms with Crippen LogP contribution in [0.15, 0.2) is 12.3 Å². The Labute approximate surface area is 56.1 Å². The maximum atomic E-state index is 10.6. The molecule has 1 aliphatic heterocycles. The van der Waals surface area contributed by atoms with Crippen LogP contribution in [-0.4, -0.2) is 10.7 Å². The van der Waals surface area contributed by atoms with Gasteiger partial charge in [-0.1, -0.05) is 22.5 Å². The summed E-state index contributed by atoms with van der Waals surface area (Å²) in [5.41, 5.74) is 0.803. The van der Waals surface area contributed by atoms with Crippen molar-refractivity contribution in [1.29, 1.82) is 0 Å². The molecule has 0 aromatic rings. The lowest BCUT2D eigenvalue weighted by molar-refractivity contribution is -0.118. The van der Waals surface area contributed by atoms with Crippen LogP contribution in [0.25, 0.3) is 0 Å². The first kappa shape index (κ1) is 5.82. The van der Waals surface area contributed by atoms with Crippen molar-refractivity contribution < 1.29 is 4.79 Å². The number of alkyl halides is 1. The Morgan fingerprint density at radius 2 is 2.50 bits per heavy atom. The highest BCUT2D eigenvalue weighted by Gasteiger charge is 2.23. The van der Waals surface area contributed by atoms with E-state index in [2.05, 4.69) is 27.8 Å². The molecule has 1 aliphatic rings. The fourth-order valence-corrected chi connectivity index (χ4v) is 1.12. The summed E-state index contributed by atoms with van der Waals surface area (Å²) >= 11 is 3.17. The van der Waals surface area contributed by atoms with Gasteiger partial charge in [0.05, 0.1) is 4.83 Å². The van der Waals surface area contributed by atoms with Crippen LogP contribution in [-0.2, 0) is 4.79 Å². The van der Waals surface area contributed by atoms with Crippen LogP contribution in [0.5, 0.6) is 0 Å². The number of hydrogen-bond donors (Lipinski definition) is 1. The predicted octanol–water partition coefficient (Wildman–Crippen LogP) is 0.783. The Morgan fingerprint density at radius 3 is 2.62 bits per heavy atom. The van der Waals surface area contributed by atoms with Gasteiger partial charge in [-0.15, -0.1) is 0 Å². The SMILES string of the molecule is C=C1CC(Br)C(=O)N1. The number of hydrogen-bond acceptors (Lipinski definition) is 1. The topological polar surface area (TPSA) is 29.1 Å². The van der Waals surface area contributed by atoms with Gasteiger partial charge in [0.15, 0.2) is 0 Å². The first-order valence-corrected chi connectivity index (χ1v) is 3.24. The maximum absolute atomic E-state index is 10.6. The van der Waals surface area contributed by atoms with E-state index in [0.29, 0.717) is 0 Å². The van der Waals surface area contributed by atoms with Gasteiger partial charge in [0.2, 0.25) is 5.91 Å². The second kappa shape index (κ2) is 1.90. The zero-order valence-electron chi connectivity index (χ0n) is 4.28. The molecule has 1 atom stereocenters. The summed E-state index contributed by atoms with van der Waals surface area (Å²) in [5.74, 6) is 0.0231. The summed E-state index contributed by atoms with van der Waals surface area (Å²) < 4.78 is 0. The third kappa shape index (κ3) is 0.916. The lowest BCUT2D eigenvalue weighted by Crippen LogP contribution is -2.17. The van der Waals surface area contributed by atoms with Crippen molar-refractivity contribution >= 4 is 21.8 Å². The van der Waals surface area contributed by atoms with Crippen LogP contribution >= 0.6 is 15.9 Å². The van der Waals surface area contributed by atoms with E-state index in [1.807, 2.05) is 0 Å². The molecule has 1 amide bonds. The minimum Gasteiger partial charge on any atom is -0.329 e. The molecule has 1 fully saturated rings. The van der Waals surface area contributed by atoms with Gasteiger partial charge in [-0.3, -0.25) is 4.79 Å². The summed E-state index contributed by atoms with van der Waals surface area (Å²) in [7, 11) is 0. The Balaban J connectivity index is 2.64. The van der Waals surface area contributed by atoms with Crippen LogP contribution in [0.3, 0.4) is 0 Å². The summed E-state index contributed by atoms with van der Waals surface area (Å²) in [5, 5.41) is 2.59. The highest BCUT2D eigenvalue weighted by Crippen LogP contribution is 2.16. The van der Waals surface area contributed by atoms with Crippen LogP contribution in [0, 0.1) is 0 Å². The van der Waals surface area contributed by atoms with Gasteiger partial charge in [-0.25, -0.2) is 0 Å². The molecule has 1 saturated heterocycles. The van der Waals surface area contributed by atoms with E-state index in [-0.39, 0.29) is 10.7 Å². The second-order valence-corrected chi connectivity index (χ2v) is 2.87. The van der Waals surface area contributed by atoms with Crippen molar-refractivity contribution in [3.8, 4) is 0 Å². The number of amides is 1. The highest BCUT2D eigenvalue weighted by molar-refractivity contribution is 9.10. The zero-order chi connectivity index (χ0) is 6.15. The molecular weight excluding hydrogens is 170 g/mol. The average molecular weight is 176 g/mol. The van der Waals surface area contributed by atoms with E-state index < -0.39 is 0 Å². The standard InChI is InChI=1S/C5H6BrNO/c1-3-2-4(6)5(8)7-3/h4H,1-2H2,(H,7,8). The molecule has 0 radical (unpaired) electrons. The van der Waals surface area contributed by atoms with Gasteiger partial charge in [-0.2, -0.15) is 0 Å². The maximum Gasteiger partial charge on any atom is 0.238 e. The van der Waals surface area contributed by atoms with Crippen molar-refractivity contribution in [2.24, 2.45) is 0 Å². The Hall–Kier alpha value is -0.310. The molecule has 1 heterocycles. The van der Waals surface area contributed by atoms with E-state index in [4.69, 9.17) is 0 Å². The molecule has 0 aliphatic carbocycles. The quantitative estimate of drug-likeness (QED) is 0.543. The summed E-state index contributed by atoms with van der Waals surface area (Å²) in [6, 6.07) is 0. The third-order valence-corrected chi connectivity index (χ3v) is 1.75. The lowest BCUT2D eigenvalue weighted by atomic mass is 10.3. The van der Waals surface area contributed by atoms with Crippen molar-refractivity contribution in [2.75, 3.05) is 0 Å². The monoisotopic (exact) mass is 175 g/mol. The number of carbonyl (C=O) groups is 1. The van der Waals surface area contributed by atoms with Gasteiger partial charge in [0.1, 0.15) is 0 Å². The minimum atomic E-state index is -0.0463. The fourth-order valence-electron chi connectivity index (χ4n) is 0.613. The number of rotatable bonds is 0. The molecule has 1 rings (SSSR count). The van der Waals surface area contributed by atoms with Crippen LogP contribution in [0.2, 0.25) is 0 Å². The van der Waals surface area contributed by atoms with E-state index >= 15 is 0 Å². The number of halogens is 1. The van der Waals surface area contributed by atoms with Crippen molar-refractivity contribution in [1.82, 2.24) is 5.32 Å². The highest BCUT2D eigenvalue weighted by atomic mass is 79.9. The van der Waals surface area contributed by atoms with Crippen molar-refractivity contribution in [3.05, 3.63) is 12.3 Å². The minimum absolute atomic E-state index is 0.0231. The van der Waals surface area contributed by atoms with Crippen molar-refractivity contribution in [3.63, 3.8) is 0 Å². The first-order valence-electron chi connectivity index (χ1n) is 2.33. The van der Waals surface area contributed by atoms with Gasteiger partial charge in [0, 0.05) is 12.1 Å². The van der Waals surface area contributed by atoms with E-state index in [9.17, 15) is 4.79 Å². The van der Waals surface area contributed by atoms with Crippen LogP contribution in [0.1, 0.15) is 6.42 Å². The zero-order valence-corrected chi connectivity index (χ0v) is 5.86. The molecule has 0 bridgehead atoms. The molecule has 2 nitrogen and oxygen atoms in total. The molecule has 0 saturated carbocycles. The van der Waals surface area contributed by atoms with Crippen molar-refractivity contribution in [2.45, 2.75) is 11.2 Å². The molecule has 8 heavy (non-hydrogen) atoms. The van der Waals surface area contributed by atoms with Gasteiger partial charge in [0.25, 0.3) is 0 Å². The number of carbonyl (C=O) groups excluding carboxylic acids is 1. The molecule has 1 N–H and O–H groups in total. The molecule has 1 unspecified atom stereocenters. The molecule has 0 spiro atoms. The van der Waals surface area contributed by atoms with E-state index in [1.165, 1.54) is 0 Å². The van der Waals surface area contributed by atoms with Gasteiger partial charge < -0.3 is 5.32 Å². The smallest absolute Gasteiger partial charge is 0.238 e. The largest absolute Gasteiger partial charge is 0.329 e.